The average molecular weight is 508 g/mol. The van der Waals surface area contributed by atoms with Crippen LogP contribution in [0.2, 0.25) is 0 Å². The summed E-state index contributed by atoms with van der Waals surface area (Å²) in [4.78, 5) is 42.1. The van der Waals surface area contributed by atoms with Gasteiger partial charge in [0, 0.05) is 17.7 Å². The van der Waals surface area contributed by atoms with Crippen LogP contribution in [0.4, 0.5) is 5.69 Å². The van der Waals surface area contributed by atoms with Gasteiger partial charge in [-0.1, -0.05) is 49.4 Å². The summed E-state index contributed by atoms with van der Waals surface area (Å²) in [5.74, 6) is -0.441. The molecular formula is C26H25N3O6S. The van der Waals surface area contributed by atoms with E-state index in [4.69, 9.17) is 4.74 Å². The summed E-state index contributed by atoms with van der Waals surface area (Å²) in [5, 5.41) is 21.4. The summed E-state index contributed by atoms with van der Waals surface area (Å²) < 4.78 is 6.95. The number of ether oxygens (including phenoxy) is 1. The molecule has 0 aliphatic carbocycles. The summed E-state index contributed by atoms with van der Waals surface area (Å²) in [6, 6.07) is 10.5. The highest BCUT2D eigenvalue weighted by Crippen LogP contribution is 2.31. The minimum Gasteiger partial charge on any atom is -0.507 e. The minimum absolute atomic E-state index is 0.133. The number of carbonyl (C=O) groups is 1. The lowest BCUT2D eigenvalue weighted by Crippen LogP contribution is -2.39. The van der Waals surface area contributed by atoms with Crippen molar-refractivity contribution < 1.29 is 19.6 Å². The van der Waals surface area contributed by atoms with E-state index in [-0.39, 0.29) is 33.7 Å². The molecule has 186 valence electrons. The van der Waals surface area contributed by atoms with E-state index in [2.05, 4.69) is 18.8 Å². The number of aromatic nitrogens is 1. The highest BCUT2D eigenvalue weighted by atomic mass is 32.1. The molecule has 2 heterocycles. The third kappa shape index (κ3) is 4.59. The number of allylic oxidation sites excluding steroid dienone is 1. The molecule has 0 bridgehead atoms. The third-order valence-corrected chi connectivity index (χ3v) is 6.93. The second kappa shape index (κ2) is 9.90. The van der Waals surface area contributed by atoms with Crippen LogP contribution in [0.25, 0.3) is 6.08 Å². The van der Waals surface area contributed by atoms with Gasteiger partial charge in [0.25, 0.3) is 11.2 Å². The zero-order valence-corrected chi connectivity index (χ0v) is 21.0. The van der Waals surface area contributed by atoms with Gasteiger partial charge < -0.3 is 9.84 Å². The summed E-state index contributed by atoms with van der Waals surface area (Å²) in [5.41, 5.74) is 2.04. The monoisotopic (exact) mass is 507 g/mol. The predicted octanol–water partition coefficient (Wildman–Crippen LogP) is 3.54. The second-order valence-corrected chi connectivity index (χ2v) is 9.63. The standard InChI is InChI=1S/C26H25N3O6S/c1-5-35-25(32)22-15(4)27-26-28(23(22)17-8-6-16(7-9-17)14(2)3)24(31)21(36-26)13-18-12-19(29(33)34)10-11-20(18)30/h6-14,23,30H,5H2,1-4H3/b21-13-/t23-/m1/s1. The number of nitro groups is 1. The molecule has 2 aromatic carbocycles. The van der Waals surface area contributed by atoms with Gasteiger partial charge in [0.2, 0.25) is 0 Å². The van der Waals surface area contributed by atoms with E-state index in [0.717, 1.165) is 22.5 Å². The maximum absolute atomic E-state index is 13.6. The van der Waals surface area contributed by atoms with Crippen LogP contribution in [0.15, 0.2) is 63.5 Å². The number of non-ortho nitro benzene ring substituents is 1. The van der Waals surface area contributed by atoms with Crippen LogP contribution in [0.1, 0.15) is 56.3 Å². The van der Waals surface area contributed by atoms with Gasteiger partial charge in [0.1, 0.15) is 5.75 Å². The molecule has 10 heteroatoms. The number of esters is 1. The van der Waals surface area contributed by atoms with Crippen molar-refractivity contribution in [1.82, 2.24) is 4.57 Å². The molecule has 9 nitrogen and oxygen atoms in total. The first kappa shape index (κ1) is 25.1. The van der Waals surface area contributed by atoms with Crippen LogP contribution in [0, 0.1) is 10.1 Å². The van der Waals surface area contributed by atoms with Crippen LogP contribution in [-0.4, -0.2) is 27.2 Å². The summed E-state index contributed by atoms with van der Waals surface area (Å²) >= 11 is 1.08. The van der Waals surface area contributed by atoms with Gasteiger partial charge in [0.05, 0.1) is 33.4 Å². The van der Waals surface area contributed by atoms with Crippen LogP contribution in [0.3, 0.4) is 0 Å². The average Bonchev–Trinajstić information content (AvgIpc) is 3.14. The largest absolute Gasteiger partial charge is 0.507 e. The number of hydrogen-bond acceptors (Lipinski definition) is 8. The van der Waals surface area contributed by atoms with Gasteiger partial charge in [-0.15, -0.1) is 0 Å². The smallest absolute Gasteiger partial charge is 0.338 e. The number of carbonyl (C=O) groups excluding carboxylic acids is 1. The van der Waals surface area contributed by atoms with Crippen LogP contribution >= 0.6 is 11.3 Å². The molecular weight excluding hydrogens is 482 g/mol. The Bertz CT molecular complexity index is 1560. The first-order chi connectivity index (χ1) is 17.1. The van der Waals surface area contributed by atoms with Crippen molar-refractivity contribution in [2.75, 3.05) is 6.61 Å². The fourth-order valence-electron chi connectivity index (χ4n) is 4.08. The predicted molar refractivity (Wildman–Crippen MR) is 136 cm³/mol. The minimum atomic E-state index is -0.762. The number of phenolic OH excluding ortho intramolecular Hbond substituents is 1. The van der Waals surface area contributed by atoms with Crippen molar-refractivity contribution >= 4 is 29.1 Å². The van der Waals surface area contributed by atoms with Crippen molar-refractivity contribution in [2.24, 2.45) is 4.99 Å². The van der Waals surface area contributed by atoms with Gasteiger partial charge in [0.15, 0.2) is 4.80 Å². The lowest BCUT2D eigenvalue weighted by molar-refractivity contribution is -0.384. The number of benzene rings is 2. The van der Waals surface area contributed by atoms with Gasteiger partial charge in [-0.05, 0) is 43.0 Å². The Kier molecular flexibility index (Phi) is 6.89. The van der Waals surface area contributed by atoms with E-state index < -0.39 is 22.5 Å². The lowest BCUT2D eigenvalue weighted by atomic mass is 9.93. The van der Waals surface area contributed by atoms with Crippen molar-refractivity contribution in [2.45, 2.75) is 39.7 Å². The molecule has 0 fully saturated rings. The van der Waals surface area contributed by atoms with E-state index >= 15 is 0 Å². The van der Waals surface area contributed by atoms with Gasteiger partial charge >= 0.3 is 5.97 Å². The number of hydrogen-bond donors (Lipinski definition) is 1. The summed E-state index contributed by atoms with van der Waals surface area (Å²) in [6.07, 6.45) is 1.40. The van der Waals surface area contributed by atoms with Gasteiger partial charge in [-0.3, -0.25) is 19.5 Å². The maximum Gasteiger partial charge on any atom is 0.338 e. The molecule has 4 rings (SSSR count). The second-order valence-electron chi connectivity index (χ2n) is 8.62. The molecule has 1 aliphatic rings. The number of fused-ring (bicyclic) bond motifs is 1. The highest BCUT2D eigenvalue weighted by Gasteiger charge is 2.33. The molecule has 36 heavy (non-hydrogen) atoms. The fraction of sp³-hybridized carbons (Fsp3) is 0.269. The molecule has 1 aromatic heterocycles. The zero-order valence-electron chi connectivity index (χ0n) is 20.2. The van der Waals surface area contributed by atoms with Crippen molar-refractivity contribution in [1.29, 1.82) is 0 Å². The Morgan fingerprint density at radius 1 is 1.28 bits per heavy atom. The van der Waals surface area contributed by atoms with E-state index in [9.17, 15) is 24.8 Å². The molecule has 0 saturated heterocycles. The molecule has 1 atom stereocenters. The van der Waals surface area contributed by atoms with Crippen molar-refractivity contribution in [3.63, 3.8) is 0 Å². The van der Waals surface area contributed by atoms with Crippen LogP contribution in [0.5, 0.6) is 5.75 Å². The molecule has 0 radical (unpaired) electrons. The van der Waals surface area contributed by atoms with Crippen molar-refractivity contribution in [3.8, 4) is 5.75 Å². The fourth-order valence-corrected chi connectivity index (χ4v) is 5.12. The lowest BCUT2D eigenvalue weighted by Gasteiger charge is -2.25. The molecule has 0 unspecified atom stereocenters. The SMILES string of the molecule is CCOC(=O)C1=C(C)N=c2s/c(=C\c3cc([N+](=O)[O-])ccc3O)c(=O)n2[C@@H]1c1ccc(C(C)C)cc1. The van der Waals surface area contributed by atoms with E-state index in [1.165, 1.54) is 28.8 Å². The molecule has 0 amide bonds. The Labute approximate surface area is 210 Å². The Balaban J connectivity index is 1.95. The molecule has 0 saturated carbocycles. The molecule has 3 aromatic rings. The van der Waals surface area contributed by atoms with Gasteiger partial charge in [-0.25, -0.2) is 9.79 Å². The molecule has 0 spiro atoms. The number of nitro benzene ring substituents is 1. The van der Waals surface area contributed by atoms with E-state index in [1.54, 1.807) is 13.8 Å². The Morgan fingerprint density at radius 3 is 2.58 bits per heavy atom. The zero-order chi connectivity index (χ0) is 26.1. The third-order valence-electron chi connectivity index (χ3n) is 5.94. The maximum atomic E-state index is 13.6. The normalized spacial score (nSPS) is 15.6. The van der Waals surface area contributed by atoms with Gasteiger partial charge in [-0.2, -0.15) is 0 Å². The first-order valence-corrected chi connectivity index (χ1v) is 12.2. The first-order valence-electron chi connectivity index (χ1n) is 11.4. The quantitative estimate of drug-likeness (QED) is 0.309. The van der Waals surface area contributed by atoms with E-state index in [1.807, 2.05) is 24.3 Å². The highest BCUT2D eigenvalue weighted by molar-refractivity contribution is 7.07. The Morgan fingerprint density at radius 2 is 1.97 bits per heavy atom. The van der Waals surface area contributed by atoms with Crippen LogP contribution < -0.4 is 14.9 Å². The molecule has 1 N–H and O–H groups in total. The Hall–Kier alpha value is -4.05. The van der Waals surface area contributed by atoms with Crippen LogP contribution in [-0.2, 0) is 9.53 Å². The number of rotatable bonds is 6. The molecule has 1 aliphatic heterocycles. The topological polar surface area (TPSA) is 124 Å². The summed E-state index contributed by atoms with van der Waals surface area (Å²) in [7, 11) is 0. The number of thiazole rings is 1. The number of nitrogens with zero attached hydrogens (tertiary/aromatic N) is 3. The summed E-state index contributed by atoms with van der Waals surface area (Å²) in [6.45, 7) is 7.74. The number of aromatic hydroxyl groups is 1. The van der Waals surface area contributed by atoms with Crippen molar-refractivity contribution in [3.05, 3.63) is 100 Å². The van der Waals surface area contributed by atoms with E-state index in [0.29, 0.717) is 16.4 Å². The number of phenols is 1.